The zero-order valence-electron chi connectivity index (χ0n) is 8.32. The highest BCUT2D eigenvalue weighted by Crippen LogP contribution is 2.12. The van der Waals surface area contributed by atoms with Crippen molar-refractivity contribution in [1.82, 2.24) is 9.97 Å². The zero-order chi connectivity index (χ0) is 11.4. The number of hydrogen-bond donors (Lipinski definition) is 1. The molecule has 16 heavy (non-hydrogen) atoms. The van der Waals surface area contributed by atoms with Gasteiger partial charge in [0.15, 0.2) is 0 Å². The number of halogens is 2. The van der Waals surface area contributed by atoms with Crippen LogP contribution in [0.3, 0.4) is 0 Å². The van der Waals surface area contributed by atoms with Gasteiger partial charge in [-0.1, -0.05) is 17.7 Å². The van der Waals surface area contributed by atoms with Crippen molar-refractivity contribution >= 4 is 33.3 Å². The Hall–Kier alpha value is -1.13. The molecular weight excluding hydrogens is 289 g/mol. The summed E-state index contributed by atoms with van der Waals surface area (Å²) in [5.74, 6) is 0.832. The molecule has 0 aromatic carbocycles. The minimum absolute atomic E-state index is 0.505. The van der Waals surface area contributed by atoms with Gasteiger partial charge in [0.05, 0.1) is 0 Å². The van der Waals surface area contributed by atoms with E-state index < -0.39 is 0 Å². The smallest absolute Gasteiger partial charge is 0.129 e. The third kappa shape index (κ3) is 3.18. The molecule has 0 saturated carbocycles. The van der Waals surface area contributed by atoms with Crippen LogP contribution in [0.2, 0.25) is 5.15 Å². The molecule has 2 rings (SSSR count). The highest BCUT2D eigenvalue weighted by Gasteiger charge is 1.96. The van der Waals surface area contributed by atoms with Crippen molar-refractivity contribution in [3.8, 4) is 0 Å². The van der Waals surface area contributed by atoms with E-state index in [0.717, 1.165) is 15.9 Å². The molecule has 2 aromatic heterocycles. The van der Waals surface area contributed by atoms with Crippen molar-refractivity contribution in [2.45, 2.75) is 6.54 Å². The first-order chi connectivity index (χ1) is 7.74. The molecule has 2 aromatic rings. The van der Waals surface area contributed by atoms with Crippen LogP contribution in [-0.4, -0.2) is 9.97 Å². The van der Waals surface area contributed by atoms with Crippen molar-refractivity contribution in [3.05, 3.63) is 51.8 Å². The number of nitrogens with zero attached hydrogens (tertiary/aromatic N) is 2. The van der Waals surface area contributed by atoms with Gasteiger partial charge >= 0.3 is 0 Å². The van der Waals surface area contributed by atoms with E-state index in [1.165, 1.54) is 0 Å². The number of hydrogen-bond acceptors (Lipinski definition) is 3. The van der Waals surface area contributed by atoms with Crippen molar-refractivity contribution < 1.29 is 0 Å². The van der Waals surface area contributed by atoms with Crippen LogP contribution >= 0.6 is 27.5 Å². The van der Waals surface area contributed by atoms with Crippen molar-refractivity contribution in [3.63, 3.8) is 0 Å². The molecule has 0 aliphatic rings. The second-order valence-electron chi connectivity index (χ2n) is 3.20. The van der Waals surface area contributed by atoms with Crippen LogP contribution in [0.25, 0.3) is 0 Å². The van der Waals surface area contributed by atoms with Crippen molar-refractivity contribution in [2.24, 2.45) is 0 Å². The molecule has 0 fully saturated rings. The summed E-state index contributed by atoms with van der Waals surface area (Å²) in [5.41, 5.74) is 1.06. The first kappa shape index (κ1) is 11.4. The van der Waals surface area contributed by atoms with E-state index in [2.05, 4.69) is 31.2 Å². The molecule has 0 atom stereocenters. The van der Waals surface area contributed by atoms with Crippen LogP contribution in [0, 0.1) is 0 Å². The van der Waals surface area contributed by atoms with Gasteiger partial charge < -0.3 is 5.32 Å². The minimum atomic E-state index is 0.505. The summed E-state index contributed by atoms with van der Waals surface area (Å²) in [6.45, 7) is 0.679. The summed E-state index contributed by atoms with van der Waals surface area (Å²) in [5, 5.41) is 3.70. The molecule has 5 heteroatoms. The predicted molar refractivity (Wildman–Crippen MR) is 68.5 cm³/mol. The van der Waals surface area contributed by atoms with E-state index in [0.29, 0.717) is 11.7 Å². The monoisotopic (exact) mass is 297 g/mol. The molecule has 0 radical (unpaired) electrons. The molecule has 0 aliphatic heterocycles. The lowest BCUT2D eigenvalue weighted by Gasteiger charge is -2.05. The van der Waals surface area contributed by atoms with Crippen LogP contribution in [0.5, 0.6) is 0 Å². The van der Waals surface area contributed by atoms with E-state index in [-0.39, 0.29) is 0 Å². The molecule has 0 saturated heterocycles. The lowest BCUT2D eigenvalue weighted by Crippen LogP contribution is -2.01. The van der Waals surface area contributed by atoms with Gasteiger partial charge in [0.25, 0.3) is 0 Å². The first-order valence-corrected chi connectivity index (χ1v) is 5.87. The summed E-state index contributed by atoms with van der Waals surface area (Å²) in [7, 11) is 0. The van der Waals surface area contributed by atoms with E-state index in [4.69, 9.17) is 11.6 Å². The Kier molecular flexibility index (Phi) is 3.74. The van der Waals surface area contributed by atoms with Crippen LogP contribution < -0.4 is 5.32 Å². The Bertz CT molecular complexity index is 410. The van der Waals surface area contributed by atoms with Gasteiger partial charge in [-0.05, 0) is 39.7 Å². The summed E-state index contributed by atoms with van der Waals surface area (Å²) in [6.07, 6.45) is 3.50. The average Bonchev–Trinajstić information content (AvgIpc) is 2.30. The summed E-state index contributed by atoms with van der Waals surface area (Å²) in [4.78, 5) is 8.21. The molecule has 1 N–H and O–H groups in total. The minimum Gasteiger partial charge on any atom is -0.366 e. The molecule has 82 valence electrons. The molecule has 2 heterocycles. The van der Waals surface area contributed by atoms with Crippen molar-refractivity contribution in [1.29, 1.82) is 0 Å². The molecule has 3 nitrogen and oxygen atoms in total. The Labute approximate surface area is 107 Å². The fourth-order valence-electron chi connectivity index (χ4n) is 1.18. The SMILES string of the molecule is Clc1ccc(CNc2ccc(Br)cn2)cn1. The topological polar surface area (TPSA) is 37.8 Å². The molecular formula is C11H9BrClN3. The van der Waals surface area contributed by atoms with Gasteiger partial charge in [0.2, 0.25) is 0 Å². The Morgan fingerprint density at radius 3 is 2.62 bits per heavy atom. The normalized spacial score (nSPS) is 10.1. The lowest BCUT2D eigenvalue weighted by molar-refractivity contribution is 1.08. The van der Waals surface area contributed by atoms with Gasteiger partial charge in [-0.2, -0.15) is 0 Å². The highest BCUT2D eigenvalue weighted by molar-refractivity contribution is 9.10. The maximum atomic E-state index is 5.70. The van der Waals surface area contributed by atoms with Gasteiger partial charge in [-0.3, -0.25) is 0 Å². The van der Waals surface area contributed by atoms with E-state index in [1.54, 1.807) is 18.5 Å². The van der Waals surface area contributed by atoms with Crippen LogP contribution in [0.15, 0.2) is 41.1 Å². The quantitative estimate of drug-likeness (QED) is 0.881. The zero-order valence-corrected chi connectivity index (χ0v) is 10.7. The van der Waals surface area contributed by atoms with Gasteiger partial charge in [-0.25, -0.2) is 9.97 Å². The average molecular weight is 299 g/mol. The number of nitrogens with one attached hydrogen (secondary N) is 1. The fourth-order valence-corrected chi connectivity index (χ4v) is 1.53. The first-order valence-electron chi connectivity index (χ1n) is 4.70. The van der Waals surface area contributed by atoms with Gasteiger partial charge in [-0.15, -0.1) is 0 Å². The van der Waals surface area contributed by atoms with Gasteiger partial charge in [0, 0.05) is 23.4 Å². The van der Waals surface area contributed by atoms with Crippen LogP contribution in [0.4, 0.5) is 5.82 Å². The molecule has 0 spiro atoms. The standard InChI is InChI=1S/C11H9BrClN3/c12-9-2-4-11(16-7-9)15-6-8-1-3-10(13)14-5-8/h1-5,7H,6H2,(H,15,16). The highest BCUT2D eigenvalue weighted by atomic mass is 79.9. The summed E-state index contributed by atoms with van der Waals surface area (Å²) >= 11 is 9.03. The number of rotatable bonds is 3. The van der Waals surface area contributed by atoms with E-state index >= 15 is 0 Å². The third-order valence-corrected chi connectivity index (χ3v) is 2.68. The largest absolute Gasteiger partial charge is 0.366 e. The Morgan fingerprint density at radius 2 is 2.00 bits per heavy atom. The predicted octanol–water partition coefficient (Wildman–Crippen LogP) is 3.50. The summed E-state index contributed by atoms with van der Waals surface area (Å²) < 4.78 is 0.964. The van der Waals surface area contributed by atoms with Crippen molar-refractivity contribution in [2.75, 3.05) is 5.32 Å². The second kappa shape index (κ2) is 5.27. The van der Waals surface area contributed by atoms with Gasteiger partial charge in [0.1, 0.15) is 11.0 Å². The van der Waals surface area contributed by atoms with Crippen LogP contribution in [0.1, 0.15) is 5.56 Å². The Balaban J connectivity index is 1.97. The maximum Gasteiger partial charge on any atom is 0.129 e. The summed E-state index contributed by atoms with van der Waals surface area (Å²) in [6, 6.07) is 7.55. The third-order valence-electron chi connectivity index (χ3n) is 1.99. The number of aromatic nitrogens is 2. The molecule has 0 unspecified atom stereocenters. The van der Waals surface area contributed by atoms with Crippen LogP contribution in [-0.2, 0) is 6.54 Å². The molecule has 0 amide bonds. The maximum absolute atomic E-state index is 5.70. The fraction of sp³-hybridized carbons (Fsp3) is 0.0909. The number of pyridine rings is 2. The molecule has 0 aliphatic carbocycles. The molecule has 0 bridgehead atoms. The number of anilines is 1. The Morgan fingerprint density at radius 1 is 1.12 bits per heavy atom. The van der Waals surface area contributed by atoms with E-state index in [1.807, 2.05) is 18.2 Å². The second-order valence-corrected chi connectivity index (χ2v) is 4.51. The lowest BCUT2D eigenvalue weighted by atomic mass is 10.3. The van der Waals surface area contributed by atoms with E-state index in [9.17, 15) is 0 Å².